The van der Waals surface area contributed by atoms with Crippen LogP contribution in [0.5, 0.6) is 0 Å². The van der Waals surface area contributed by atoms with Crippen LogP contribution in [0.2, 0.25) is 0 Å². The SMILES string of the molecule is C=CC(CO)CCC(C)C. The number of aliphatic hydroxyl groups is 1. The van der Waals surface area contributed by atoms with Crippen molar-refractivity contribution in [3.8, 4) is 0 Å². The summed E-state index contributed by atoms with van der Waals surface area (Å²) in [5, 5.41) is 8.77. The van der Waals surface area contributed by atoms with E-state index in [0.29, 0.717) is 5.92 Å². The summed E-state index contributed by atoms with van der Waals surface area (Å²) in [7, 11) is 0. The molecular formula is C9H18O. The van der Waals surface area contributed by atoms with E-state index in [1.54, 1.807) is 0 Å². The molecular weight excluding hydrogens is 124 g/mol. The molecule has 0 rings (SSSR count). The van der Waals surface area contributed by atoms with Gasteiger partial charge in [-0.3, -0.25) is 0 Å². The van der Waals surface area contributed by atoms with Crippen LogP contribution in [0.25, 0.3) is 0 Å². The van der Waals surface area contributed by atoms with Crippen LogP contribution >= 0.6 is 0 Å². The molecule has 0 aliphatic carbocycles. The minimum atomic E-state index is 0.246. The van der Waals surface area contributed by atoms with E-state index in [0.717, 1.165) is 12.3 Å². The Balaban J connectivity index is 3.34. The van der Waals surface area contributed by atoms with E-state index < -0.39 is 0 Å². The maximum atomic E-state index is 8.77. The normalized spacial score (nSPS) is 13.6. The number of rotatable bonds is 5. The van der Waals surface area contributed by atoms with E-state index in [1.165, 1.54) is 6.42 Å². The predicted molar refractivity (Wildman–Crippen MR) is 44.8 cm³/mol. The molecule has 0 saturated carbocycles. The molecule has 1 heteroatoms. The summed E-state index contributed by atoms with van der Waals surface area (Å²) in [6, 6.07) is 0. The van der Waals surface area contributed by atoms with Crippen molar-refractivity contribution in [3.63, 3.8) is 0 Å². The molecule has 0 spiro atoms. The van der Waals surface area contributed by atoms with Gasteiger partial charge < -0.3 is 5.11 Å². The summed E-state index contributed by atoms with van der Waals surface area (Å²) in [5.74, 6) is 1.04. The van der Waals surface area contributed by atoms with Crippen LogP contribution in [0.15, 0.2) is 12.7 Å². The van der Waals surface area contributed by atoms with Crippen LogP contribution in [0.3, 0.4) is 0 Å². The quantitative estimate of drug-likeness (QED) is 0.583. The standard InChI is InChI=1S/C9H18O/c1-4-9(7-10)6-5-8(2)3/h4,8-10H,1,5-7H2,2-3H3. The molecule has 1 unspecified atom stereocenters. The van der Waals surface area contributed by atoms with Gasteiger partial charge in [0.2, 0.25) is 0 Å². The summed E-state index contributed by atoms with van der Waals surface area (Å²) in [6.45, 7) is 8.28. The molecule has 0 aliphatic rings. The van der Waals surface area contributed by atoms with Gasteiger partial charge in [-0.2, -0.15) is 0 Å². The lowest BCUT2D eigenvalue weighted by Crippen LogP contribution is -2.03. The maximum Gasteiger partial charge on any atom is 0.0493 e. The molecule has 0 aromatic rings. The monoisotopic (exact) mass is 142 g/mol. The van der Waals surface area contributed by atoms with Crippen molar-refractivity contribution in [2.24, 2.45) is 11.8 Å². The highest BCUT2D eigenvalue weighted by molar-refractivity contribution is 4.78. The van der Waals surface area contributed by atoms with Gasteiger partial charge in [0.15, 0.2) is 0 Å². The summed E-state index contributed by atoms with van der Waals surface area (Å²) >= 11 is 0. The summed E-state index contributed by atoms with van der Waals surface area (Å²) < 4.78 is 0. The summed E-state index contributed by atoms with van der Waals surface area (Å²) in [5.41, 5.74) is 0. The largest absolute Gasteiger partial charge is 0.396 e. The Morgan fingerprint density at radius 3 is 2.30 bits per heavy atom. The lowest BCUT2D eigenvalue weighted by atomic mass is 9.99. The minimum absolute atomic E-state index is 0.246. The van der Waals surface area contributed by atoms with E-state index in [2.05, 4.69) is 20.4 Å². The van der Waals surface area contributed by atoms with Crippen molar-refractivity contribution in [3.05, 3.63) is 12.7 Å². The Kier molecular flexibility index (Phi) is 5.32. The molecule has 1 N–H and O–H groups in total. The third-order valence-electron chi connectivity index (χ3n) is 1.68. The molecule has 60 valence electrons. The Morgan fingerprint density at radius 2 is 2.00 bits per heavy atom. The maximum absolute atomic E-state index is 8.77. The van der Waals surface area contributed by atoms with Crippen molar-refractivity contribution in [1.82, 2.24) is 0 Å². The van der Waals surface area contributed by atoms with Gasteiger partial charge in [0.1, 0.15) is 0 Å². The van der Waals surface area contributed by atoms with Crippen molar-refractivity contribution >= 4 is 0 Å². The van der Waals surface area contributed by atoms with Gasteiger partial charge >= 0.3 is 0 Å². The molecule has 1 atom stereocenters. The van der Waals surface area contributed by atoms with E-state index in [-0.39, 0.29) is 6.61 Å². The fraction of sp³-hybridized carbons (Fsp3) is 0.778. The zero-order valence-electron chi connectivity index (χ0n) is 7.01. The molecule has 0 aromatic heterocycles. The first-order chi connectivity index (χ1) is 4.70. The summed E-state index contributed by atoms with van der Waals surface area (Å²) in [4.78, 5) is 0. The molecule has 1 nitrogen and oxygen atoms in total. The lowest BCUT2D eigenvalue weighted by Gasteiger charge is -2.09. The highest BCUT2D eigenvalue weighted by Gasteiger charge is 2.02. The zero-order valence-corrected chi connectivity index (χ0v) is 7.01. The van der Waals surface area contributed by atoms with Gasteiger partial charge in [-0.15, -0.1) is 6.58 Å². The highest BCUT2D eigenvalue weighted by Crippen LogP contribution is 2.11. The smallest absolute Gasteiger partial charge is 0.0493 e. The Bertz CT molecular complexity index is 86.7. The van der Waals surface area contributed by atoms with Gasteiger partial charge in [0.25, 0.3) is 0 Å². The molecule has 0 bridgehead atoms. The Morgan fingerprint density at radius 1 is 1.40 bits per heavy atom. The van der Waals surface area contributed by atoms with Gasteiger partial charge in [-0.05, 0) is 18.3 Å². The van der Waals surface area contributed by atoms with Crippen molar-refractivity contribution in [2.45, 2.75) is 26.7 Å². The lowest BCUT2D eigenvalue weighted by molar-refractivity contribution is 0.240. The van der Waals surface area contributed by atoms with E-state index in [1.807, 2.05) is 6.08 Å². The van der Waals surface area contributed by atoms with Gasteiger partial charge in [-0.25, -0.2) is 0 Å². The van der Waals surface area contributed by atoms with E-state index >= 15 is 0 Å². The highest BCUT2D eigenvalue weighted by atomic mass is 16.3. The molecule has 0 aromatic carbocycles. The molecule has 0 fully saturated rings. The topological polar surface area (TPSA) is 20.2 Å². The first kappa shape index (κ1) is 9.70. The van der Waals surface area contributed by atoms with Crippen molar-refractivity contribution in [1.29, 1.82) is 0 Å². The number of hydrogen-bond donors (Lipinski definition) is 1. The van der Waals surface area contributed by atoms with Crippen molar-refractivity contribution in [2.75, 3.05) is 6.61 Å². The zero-order chi connectivity index (χ0) is 7.98. The second-order valence-electron chi connectivity index (χ2n) is 3.15. The third-order valence-corrected chi connectivity index (χ3v) is 1.68. The first-order valence-electron chi connectivity index (χ1n) is 3.94. The van der Waals surface area contributed by atoms with Crippen LogP contribution < -0.4 is 0 Å². The fourth-order valence-corrected chi connectivity index (χ4v) is 0.831. The van der Waals surface area contributed by atoms with Crippen LogP contribution in [-0.2, 0) is 0 Å². The van der Waals surface area contributed by atoms with Crippen LogP contribution in [0.1, 0.15) is 26.7 Å². The van der Waals surface area contributed by atoms with Crippen LogP contribution in [-0.4, -0.2) is 11.7 Å². The average molecular weight is 142 g/mol. The summed E-state index contributed by atoms with van der Waals surface area (Å²) in [6.07, 6.45) is 4.08. The first-order valence-corrected chi connectivity index (χ1v) is 3.94. The Hall–Kier alpha value is -0.300. The second-order valence-corrected chi connectivity index (χ2v) is 3.15. The van der Waals surface area contributed by atoms with Gasteiger partial charge in [0, 0.05) is 6.61 Å². The number of aliphatic hydroxyl groups excluding tert-OH is 1. The third kappa shape index (κ3) is 4.57. The van der Waals surface area contributed by atoms with Crippen LogP contribution in [0, 0.1) is 11.8 Å². The Labute approximate surface area is 63.8 Å². The molecule has 0 heterocycles. The molecule has 10 heavy (non-hydrogen) atoms. The van der Waals surface area contributed by atoms with Crippen molar-refractivity contribution < 1.29 is 5.11 Å². The molecule has 0 saturated heterocycles. The fourth-order valence-electron chi connectivity index (χ4n) is 0.831. The average Bonchev–Trinajstić information content (AvgIpc) is 1.90. The molecule has 0 amide bonds. The van der Waals surface area contributed by atoms with E-state index in [4.69, 9.17) is 5.11 Å². The predicted octanol–water partition coefficient (Wildman–Crippen LogP) is 2.22. The van der Waals surface area contributed by atoms with Crippen LogP contribution in [0.4, 0.5) is 0 Å². The molecule has 0 radical (unpaired) electrons. The molecule has 0 aliphatic heterocycles. The second kappa shape index (κ2) is 5.48. The minimum Gasteiger partial charge on any atom is -0.396 e. The number of hydrogen-bond acceptors (Lipinski definition) is 1. The van der Waals surface area contributed by atoms with E-state index in [9.17, 15) is 0 Å². The van der Waals surface area contributed by atoms with Gasteiger partial charge in [-0.1, -0.05) is 26.3 Å². The van der Waals surface area contributed by atoms with Gasteiger partial charge in [0.05, 0.1) is 0 Å².